The van der Waals surface area contributed by atoms with Gasteiger partial charge in [-0.2, -0.15) is 5.10 Å². The summed E-state index contributed by atoms with van der Waals surface area (Å²) in [4.78, 5) is 28.7. The molecule has 0 saturated carbocycles. The second-order valence-corrected chi connectivity index (χ2v) is 8.64. The maximum atomic E-state index is 12.0. The van der Waals surface area contributed by atoms with Crippen LogP contribution in [0.15, 0.2) is 79.5 Å². The van der Waals surface area contributed by atoms with Crippen LogP contribution in [-0.4, -0.2) is 36.0 Å². The SMILES string of the molecule is CCCC(=O)Nc1cncc(-c2cc3c(-c4cc5c(-c6cccnc6)cccc5[nH]4)n[nH]c3cn2)c1. The molecule has 36 heavy (non-hydrogen) atoms. The Balaban J connectivity index is 1.40. The highest BCUT2D eigenvalue weighted by Crippen LogP contribution is 2.34. The van der Waals surface area contributed by atoms with Crippen molar-refractivity contribution in [1.29, 1.82) is 0 Å². The van der Waals surface area contributed by atoms with E-state index in [1.54, 1.807) is 24.8 Å². The van der Waals surface area contributed by atoms with Crippen LogP contribution in [0.3, 0.4) is 0 Å². The summed E-state index contributed by atoms with van der Waals surface area (Å²) >= 11 is 0. The summed E-state index contributed by atoms with van der Waals surface area (Å²) in [7, 11) is 0. The van der Waals surface area contributed by atoms with Crippen molar-refractivity contribution >= 4 is 33.4 Å². The topological polar surface area (TPSA) is 112 Å². The van der Waals surface area contributed by atoms with Crippen LogP contribution in [0.5, 0.6) is 0 Å². The smallest absolute Gasteiger partial charge is 0.224 e. The fourth-order valence-corrected chi connectivity index (χ4v) is 4.44. The quantitative estimate of drug-likeness (QED) is 0.276. The predicted molar refractivity (Wildman–Crippen MR) is 141 cm³/mol. The monoisotopic (exact) mass is 473 g/mol. The second-order valence-electron chi connectivity index (χ2n) is 8.64. The van der Waals surface area contributed by atoms with Crippen LogP contribution in [0.4, 0.5) is 5.69 Å². The molecule has 1 amide bonds. The summed E-state index contributed by atoms with van der Waals surface area (Å²) in [5.74, 6) is -0.0264. The third kappa shape index (κ3) is 3.98. The number of pyridine rings is 3. The third-order valence-electron chi connectivity index (χ3n) is 6.13. The van der Waals surface area contributed by atoms with Gasteiger partial charge in [0.25, 0.3) is 0 Å². The van der Waals surface area contributed by atoms with Crippen LogP contribution in [0.25, 0.3) is 55.6 Å². The van der Waals surface area contributed by atoms with Crippen molar-refractivity contribution < 1.29 is 4.79 Å². The molecule has 6 aromatic rings. The largest absolute Gasteiger partial charge is 0.353 e. The Morgan fingerprint density at radius 1 is 0.917 bits per heavy atom. The fourth-order valence-electron chi connectivity index (χ4n) is 4.44. The molecule has 0 aliphatic heterocycles. The van der Waals surface area contributed by atoms with Crippen LogP contribution in [0.1, 0.15) is 19.8 Å². The number of H-pyrrole nitrogens is 2. The van der Waals surface area contributed by atoms with Crippen LogP contribution in [-0.2, 0) is 4.79 Å². The molecule has 176 valence electrons. The lowest BCUT2D eigenvalue weighted by atomic mass is 10.0. The molecule has 5 aromatic heterocycles. The summed E-state index contributed by atoms with van der Waals surface area (Å²) < 4.78 is 0. The normalized spacial score (nSPS) is 11.2. The lowest BCUT2D eigenvalue weighted by molar-refractivity contribution is -0.116. The lowest BCUT2D eigenvalue weighted by Crippen LogP contribution is -2.10. The molecule has 0 saturated heterocycles. The number of anilines is 1. The van der Waals surface area contributed by atoms with Crippen molar-refractivity contribution in [3.8, 4) is 33.8 Å². The van der Waals surface area contributed by atoms with Gasteiger partial charge < -0.3 is 10.3 Å². The molecular formula is C28H23N7O. The summed E-state index contributed by atoms with van der Waals surface area (Å²) in [6.07, 6.45) is 10.1. The molecule has 0 radical (unpaired) electrons. The Bertz CT molecular complexity index is 1700. The molecule has 0 unspecified atom stereocenters. The number of fused-ring (bicyclic) bond motifs is 2. The molecule has 8 heteroatoms. The number of carbonyl (C=O) groups is 1. The van der Waals surface area contributed by atoms with E-state index in [2.05, 4.69) is 59.7 Å². The van der Waals surface area contributed by atoms with Crippen molar-refractivity contribution in [2.45, 2.75) is 19.8 Å². The molecule has 1 aromatic carbocycles. The fraction of sp³-hybridized carbons (Fsp3) is 0.107. The maximum absolute atomic E-state index is 12.0. The first kappa shape index (κ1) is 21.7. The molecule has 0 aliphatic carbocycles. The first-order valence-corrected chi connectivity index (χ1v) is 11.8. The van der Waals surface area contributed by atoms with Gasteiger partial charge in [0.15, 0.2) is 0 Å². The average Bonchev–Trinajstić information content (AvgIpc) is 3.53. The van der Waals surface area contributed by atoms with Crippen molar-refractivity contribution in [3.63, 3.8) is 0 Å². The standard InChI is InChI=1S/C28H23N7O/c1-2-5-27(36)32-19-10-18(14-30-15-19)24-12-22-26(16-31-24)34-35-28(22)25-11-21-20(7-3-8-23(21)33-25)17-6-4-9-29-13-17/h3-4,6-16,33H,2,5H2,1H3,(H,32,36)(H,34,35). The van der Waals surface area contributed by atoms with Gasteiger partial charge in [-0.15, -0.1) is 0 Å². The highest BCUT2D eigenvalue weighted by Gasteiger charge is 2.15. The number of amides is 1. The van der Waals surface area contributed by atoms with E-state index in [1.165, 1.54) is 0 Å². The summed E-state index contributed by atoms with van der Waals surface area (Å²) in [5.41, 5.74) is 7.95. The Labute approximate surface area is 206 Å². The van der Waals surface area contributed by atoms with E-state index in [0.717, 1.165) is 62.0 Å². The van der Waals surface area contributed by atoms with Gasteiger partial charge in [0.2, 0.25) is 5.91 Å². The molecule has 0 fully saturated rings. The van der Waals surface area contributed by atoms with Crippen LogP contribution in [0, 0.1) is 0 Å². The minimum Gasteiger partial charge on any atom is -0.353 e. The van der Waals surface area contributed by atoms with Gasteiger partial charge in [-0.05, 0) is 42.3 Å². The van der Waals surface area contributed by atoms with Gasteiger partial charge >= 0.3 is 0 Å². The Hall–Kier alpha value is -4.85. The molecule has 6 rings (SSSR count). The number of hydrogen-bond donors (Lipinski definition) is 3. The number of aromatic nitrogens is 6. The van der Waals surface area contributed by atoms with Crippen molar-refractivity contribution in [2.75, 3.05) is 5.32 Å². The molecule has 5 heterocycles. The number of hydrogen-bond acceptors (Lipinski definition) is 5. The zero-order valence-corrected chi connectivity index (χ0v) is 19.6. The molecule has 0 aliphatic rings. The molecule has 0 atom stereocenters. The van der Waals surface area contributed by atoms with E-state index in [1.807, 2.05) is 37.4 Å². The van der Waals surface area contributed by atoms with Crippen molar-refractivity contribution in [3.05, 3.63) is 79.5 Å². The minimum atomic E-state index is -0.0264. The van der Waals surface area contributed by atoms with E-state index < -0.39 is 0 Å². The first-order valence-electron chi connectivity index (χ1n) is 11.8. The number of rotatable bonds is 6. The van der Waals surface area contributed by atoms with Gasteiger partial charge in [-0.3, -0.25) is 24.8 Å². The van der Waals surface area contributed by atoms with Gasteiger partial charge in [0, 0.05) is 52.4 Å². The van der Waals surface area contributed by atoms with E-state index in [-0.39, 0.29) is 5.91 Å². The highest BCUT2D eigenvalue weighted by atomic mass is 16.1. The van der Waals surface area contributed by atoms with Gasteiger partial charge in [0.05, 0.1) is 35.0 Å². The number of nitrogens with one attached hydrogen (secondary N) is 3. The Morgan fingerprint density at radius 2 is 1.83 bits per heavy atom. The van der Waals surface area contributed by atoms with Gasteiger partial charge in [-0.25, -0.2) is 0 Å². The van der Waals surface area contributed by atoms with Gasteiger partial charge in [0.1, 0.15) is 5.69 Å². The molecule has 3 N–H and O–H groups in total. The minimum absolute atomic E-state index is 0.0264. The molecular weight excluding hydrogens is 450 g/mol. The van der Waals surface area contributed by atoms with E-state index in [9.17, 15) is 4.79 Å². The van der Waals surface area contributed by atoms with E-state index in [0.29, 0.717) is 12.1 Å². The molecule has 0 bridgehead atoms. The molecule has 8 nitrogen and oxygen atoms in total. The summed E-state index contributed by atoms with van der Waals surface area (Å²) in [6, 6.07) is 16.2. The molecule has 0 spiro atoms. The van der Waals surface area contributed by atoms with Crippen LogP contribution < -0.4 is 5.32 Å². The summed E-state index contributed by atoms with van der Waals surface area (Å²) in [5, 5.41) is 12.6. The highest BCUT2D eigenvalue weighted by molar-refractivity contribution is 6.01. The van der Waals surface area contributed by atoms with E-state index >= 15 is 0 Å². The number of aromatic amines is 2. The average molecular weight is 474 g/mol. The zero-order chi connectivity index (χ0) is 24.5. The van der Waals surface area contributed by atoms with Gasteiger partial charge in [-0.1, -0.05) is 25.1 Å². The maximum Gasteiger partial charge on any atom is 0.224 e. The number of benzene rings is 1. The number of carbonyl (C=O) groups excluding carboxylic acids is 1. The predicted octanol–water partition coefficient (Wildman–Crippen LogP) is 5.97. The van der Waals surface area contributed by atoms with E-state index in [4.69, 9.17) is 0 Å². The third-order valence-corrected chi connectivity index (χ3v) is 6.13. The second kappa shape index (κ2) is 9.07. The lowest BCUT2D eigenvalue weighted by Gasteiger charge is -2.06. The van der Waals surface area contributed by atoms with Crippen molar-refractivity contribution in [1.82, 2.24) is 30.1 Å². The first-order chi connectivity index (χ1) is 17.7. The zero-order valence-electron chi connectivity index (χ0n) is 19.6. The van der Waals surface area contributed by atoms with Crippen molar-refractivity contribution in [2.24, 2.45) is 0 Å². The number of nitrogens with zero attached hydrogens (tertiary/aromatic N) is 4. The van der Waals surface area contributed by atoms with Crippen LogP contribution in [0.2, 0.25) is 0 Å². The Kier molecular flexibility index (Phi) is 5.46. The Morgan fingerprint density at radius 3 is 2.69 bits per heavy atom. The van der Waals surface area contributed by atoms with Crippen LogP contribution >= 0.6 is 0 Å². The summed E-state index contributed by atoms with van der Waals surface area (Å²) in [6.45, 7) is 1.97.